The van der Waals surface area contributed by atoms with Crippen molar-refractivity contribution in [2.24, 2.45) is 29.0 Å². The Kier molecular flexibility index (Phi) is 24.6. The first kappa shape index (κ1) is 57.9. The molecule has 1 aromatic carbocycles. The Hall–Kier alpha value is -6.21. The summed E-state index contributed by atoms with van der Waals surface area (Å²) in [5.41, 5.74) is 16.5. The molecular weight excluding hydrogens is 911 g/mol. The first-order valence-electron chi connectivity index (χ1n) is 22.4. The van der Waals surface area contributed by atoms with Crippen molar-refractivity contribution in [3.05, 3.63) is 29.8 Å². The van der Waals surface area contributed by atoms with Gasteiger partial charge in [-0.3, -0.25) is 57.5 Å². The SMILES string of the molecule is CC[C@H](C)[C@@H]1NC(=O)[C@@H](Cc2ccc(O)cc2)NC(O)CCS(=O)CC[C@@H](C(=O)N(C)CC(=O)N[C@@H](CCC(C)C)C(=O)NCC(N)=O)NC(=O)[C@H](CC(N)=O)NC(=O)[C@H](CCC(N)=O)NC1=O. The monoisotopic (exact) mass is 979 g/mol. The van der Waals surface area contributed by atoms with E-state index >= 15 is 0 Å². The van der Waals surface area contributed by atoms with Crippen LogP contribution in [0.3, 0.4) is 0 Å². The number of nitrogens with two attached hydrogens (primary N) is 3. The lowest BCUT2D eigenvalue weighted by Gasteiger charge is -2.30. The first-order chi connectivity index (χ1) is 31.9. The van der Waals surface area contributed by atoms with E-state index in [4.69, 9.17) is 17.2 Å². The number of hydrogen-bond acceptors (Lipinski definition) is 14. The van der Waals surface area contributed by atoms with Gasteiger partial charge in [0, 0.05) is 35.8 Å². The van der Waals surface area contributed by atoms with Gasteiger partial charge in [0.1, 0.15) is 42.2 Å². The molecule has 0 bridgehead atoms. The van der Waals surface area contributed by atoms with Crippen LogP contribution < -0.4 is 54.4 Å². The van der Waals surface area contributed by atoms with Gasteiger partial charge in [-0.2, -0.15) is 0 Å². The van der Waals surface area contributed by atoms with Crippen LogP contribution in [0.25, 0.3) is 0 Å². The van der Waals surface area contributed by atoms with Crippen LogP contribution in [0.2, 0.25) is 0 Å². The number of phenolic OH excluding ortho intramolecular Hbond substituents is 1. The summed E-state index contributed by atoms with van der Waals surface area (Å²) in [5, 5.41) is 38.6. The fourth-order valence-corrected chi connectivity index (χ4v) is 8.04. The van der Waals surface area contributed by atoms with Crippen LogP contribution in [0.15, 0.2) is 24.3 Å². The van der Waals surface area contributed by atoms with E-state index in [-0.39, 0.29) is 48.9 Å². The summed E-state index contributed by atoms with van der Waals surface area (Å²) in [6, 6.07) is -2.69. The van der Waals surface area contributed by atoms with E-state index in [0.717, 1.165) is 4.90 Å². The van der Waals surface area contributed by atoms with Crippen molar-refractivity contribution in [3.63, 3.8) is 0 Å². The van der Waals surface area contributed by atoms with Gasteiger partial charge in [-0.05, 0) is 68.1 Å². The maximum Gasteiger partial charge on any atom is 0.245 e. The predicted octanol–water partition coefficient (Wildman–Crippen LogP) is -4.14. The van der Waals surface area contributed by atoms with Crippen molar-refractivity contribution in [2.75, 3.05) is 31.6 Å². The van der Waals surface area contributed by atoms with Crippen molar-refractivity contribution >= 4 is 69.9 Å². The molecule has 10 amide bonds. The molecule has 1 saturated heterocycles. The van der Waals surface area contributed by atoms with Gasteiger partial charge in [0.2, 0.25) is 59.1 Å². The number of amides is 10. The van der Waals surface area contributed by atoms with E-state index in [1.807, 2.05) is 13.8 Å². The van der Waals surface area contributed by atoms with Crippen molar-refractivity contribution < 1.29 is 62.4 Å². The standard InChI is InChI=1S/C43H69N11O13S/c1-6-24(4)37-42(65)50-28(13-14-32(44)56)39(62)52-31(20-33(45)57)40(63)51-29(43(66)54(5)22-36(60)48-27(12-7-23(2)3)38(61)47-21-34(46)58)15-17-68(67)18-16-35(59)49-30(41(64)53-37)19-25-8-10-26(55)11-9-25/h8-11,23-24,27-31,35,37,49,55,59H,6-7,12-22H2,1-5H3,(H2,44,56)(H2,45,57)(H2,46,58)(H,47,61)(H,48,60)(H,50,65)(H,51,63)(H,52,62)(H,53,64)/t24-,27-,28-,29-,30+,31-,35?,37-,68?/m0/s1. The molecule has 24 nitrogen and oxygen atoms in total. The number of carbonyl (C=O) groups excluding carboxylic acids is 10. The second-order valence-corrected chi connectivity index (χ2v) is 18.9. The summed E-state index contributed by atoms with van der Waals surface area (Å²) in [4.78, 5) is 132. The van der Waals surface area contributed by atoms with Crippen LogP contribution in [-0.4, -0.2) is 153 Å². The molecule has 0 aliphatic carbocycles. The lowest BCUT2D eigenvalue weighted by atomic mass is 9.96. The number of hydrogen-bond donors (Lipinski definition) is 12. The Bertz CT molecular complexity index is 1970. The number of aromatic hydroxyl groups is 1. The summed E-state index contributed by atoms with van der Waals surface area (Å²) in [7, 11) is -0.588. The number of nitrogens with one attached hydrogen (secondary N) is 7. The van der Waals surface area contributed by atoms with Crippen LogP contribution in [0, 0.1) is 11.8 Å². The highest BCUT2D eigenvalue weighted by Gasteiger charge is 2.36. The van der Waals surface area contributed by atoms with Gasteiger partial charge in [0.25, 0.3) is 0 Å². The van der Waals surface area contributed by atoms with Crippen LogP contribution in [0.5, 0.6) is 5.75 Å². The molecule has 1 aliphatic heterocycles. The smallest absolute Gasteiger partial charge is 0.245 e. The quantitative estimate of drug-likeness (QED) is 0.0627. The zero-order valence-corrected chi connectivity index (χ0v) is 40.0. The molecule has 380 valence electrons. The molecule has 25 heteroatoms. The third-order valence-electron chi connectivity index (χ3n) is 11.0. The fraction of sp³-hybridized carbons (Fsp3) is 0.628. The number of aliphatic hydroxyl groups is 1. The third kappa shape index (κ3) is 21.2. The van der Waals surface area contributed by atoms with Gasteiger partial charge in [0.05, 0.1) is 25.6 Å². The summed E-state index contributed by atoms with van der Waals surface area (Å²) in [6.45, 7) is 6.04. The van der Waals surface area contributed by atoms with E-state index < -0.39 is 151 Å². The van der Waals surface area contributed by atoms with Gasteiger partial charge in [-0.25, -0.2) is 0 Å². The van der Waals surface area contributed by atoms with Crippen molar-refractivity contribution in [3.8, 4) is 5.75 Å². The molecule has 1 aliphatic rings. The topological polar surface area (TPSA) is 394 Å². The van der Waals surface area contributed by atoms with E-state index in [2.05, 4.69) is 37.2 Å². The number of benzene rings is 1. The lowest BCUT2D eigenvalue weighted by molar-refractivity contribution is -0.140. The molecule has 0 saturated carbocycles. The van der Waals surface area contributed by atoms with Crippen LogP contribution >= 0.6 is 0 Å². The Morgan fingerprint density at radius 3 is 2.00 bits per heavy atom. The Morgan fingerprint density at radius 2 is 1.41 bits per heavy atom. The van der Waals surface area contributed by atoms with E-state index in [9.17, 15) is 62.4 Å². The maximum atomic E-state index is 14.1. The highest BCUT2D eigenvalue weighted by Crippen LogP contribution is 2.15. The molecule has 0 spiro atoms. The molecule has 2 rings (SSSR count). The zero-order chi connectivity index (χ0) is 51.2. The molecule has 68 heavy (non-hydrogen) atoms. The van der Waals surface area contributed by atoms with Crippen molar-refractivity contribution in [2.45, 2.75) is 128 Å². The number of nitrogens with zero attached hydrogens (tertiary/aromatic N) is 1. The maximum absolute atomic E-state index is 14.1. The second kappa shape index (κ2) is 28.9. The van der Waals surface area contributed by atoms with Crippen molar-refractivity contribution in [1.29, 1.82) is 0 Å². The van der Waals surface area contributed by atoms with Crippen LogP contribution in [-0.2, 0) is 65.2 Å². The summed E-state index contributed by atoms with van der Waals surface area (Å²) in [6.07, 6.45) is -2.70. The van der Waals surface area contributed by atoms with E-state index in [1.54, 1.807) is 26.0 Å². The van der Waals surface area contributed by atoms with Crippen molar-refractivity contribution in [1.82, 2.24) is 42.1 Å². The average Bonchev–Trinajstić information content (AvgIpc) is 3.26. The molecule has 9 atom stereocenters. The zero-order valence-electron chi connectivity index (χ0n) is 39.2. The number of likely N-dealkylation sites (N-methyl/N-ethyl adjacent to an activating group) is 1. The Morgan fingerprint density at radius 1 is 0.809 bits per heavy atom. The molecular formula is C43H69N11O13S. The van der Waals surface area contributed by atoms with Gasteiger partial charge in [-0.1, -0.05) is 46.2 Å². The Balaban J connectivity index is 2.58. The second-order valence-electron chi connectivity index (χ2n) is 17.2. The molecule has 1 heterocycles. The first-order valence-corrected chi connectivity index (χ1v) is 23.8. The molecule has 1 aromatic rings. The average molecular weight is 980 g/mol. The number of primary amides is 3. The predicted molar refractivity (Wildman–Crippen MR) is 247 cm³/mol. The van der Waals surface area contributed by atoms with Gasteiger partial charge < -0.3 is 64.2 Å². The van der Waals surface area contributed by atoms with E-state index in [0.29, 0.717) is 18.4 Å². The number of rotatable bonds is 19. The summed E-state index contributed by atoms with van der Waals surface area (Å²) >= 11 is 0. The van der Waals surface area contributed by atoms with Gasteiger partial charge >= 0.3 is 0 Å². The van der Waals surface area contributed by atoms with Crippen LogP contribution in [0.4, 0.5) is 0 Å². The fourth-order valence-electron chi connectivity index (χ4n) is 6.86. The van der Waals surface area contributed by atoms with Gasteiger partial charge in [0.15, 0.2) is 0 Å². The Labute approximate surface area is 397 Å². The number of carbonyl (C=O) groups is 10. The largest absolute Gasteiger partial charge is 0.508 e. The van der Waals surface area contributed by atoms with Crippen LogP contribution in [0.1, 0.15) is 84.6 Å². The lowest BCUT2D eigenvalue weighted by Crippen LogP contribution is -2.61. The molecule has 2 unspecified atom stereocenters. The summed E-state index contributed by atoms with van der Waals surface area (Å²) in [5.74, 6) is -9.91. The number of phenols is 1. The third-order valence-corrected chi connectivity index (χ3v) is 12.4. The summed E-state index contributed by atoms with van der Waals surface area (Å²) < 4.78 is 13.5. The minimum Gasteiger partial charge on any atom is -0.508 e. The highest BCUT2D eigenvalue weighted by molar-refractivity contribution is 7.84. The van der Waals surface area contributed by atoms with Gasteiger partial charge in [-0.15, -0.1) is 0 Å². The number of aliphatic hydroxyl groups excluding tert-OH is 1. The molecule has 0 radical (unpaired) electrons. The highest BCUT2D eigenvalue weighted by atomic mass is 32.2. The minimum absolute atomic E-state index is 0.0405. The normalized spacial score (nSPS) is 23.3. The molecule has 1 fully saturated rings. The molecule has 15 N–H and O–H groups in total. The van der Waals surface area contributed by atoms with E-state index in [1.165, 1.54) is 19.2 Å². The minimum atomic E-state index is -1.80. The molecule has 0 aromatic heterocycles.